The van der Waals surface area contributed by atoms with Crippen molar-refractivity contribution in [3.8, 4) is 22.8 Å². The number of rotatable bonds is 5. The Morgan fingerprint density at radius 3 is 2.60 bits per heavy atom. The van der Waals surface area contributed by atoms with Gasteiger partial charge in [-0.1, -0.05) is 11.8 Å². The number of fused-ring (bicyclic) bond motifs is 2. The van der Waals surface area contributed by atoms with Crippen molar-refractivity contribution in [1.29, 1.82) is 0 Å². The molecule has 1 aromatic carbocycles. The largest absolute Gasteiger partial charge is 0.493 e. The van der Waals surface area contributed by atoms with E-state index < -0.39 is 29.5 Å². The lowest BCUT2D eigenvalue weighted by Gasteiger charge is -2.25. The average molecular weight is 442 g/mol. The summed E-state index contributed by atoms with van der Waals surface area (Å²) in [6, 6.07) is 5.59. The van der Waals surface area contributed by atoms with Crippen molar-refractivity contribution in [2.45, 2.75) is 35.4 Å². The van der Waals surface area contributed by atoms with E-state index in [0.717, 1.165) is 17.8 Å². The maximum Gasteiger partial charge on any atom is 0.433 e. The summed E-state index contributed by atoms with van der Waals surface area (Å²) in [4.78, 5) is 20.0. The van der Waals surface area contributed by atoms with E-state index in [4.69, 9.17) is 18.9 Å². The number of ketones is 1. The van der Waals surface area contributed by atoms with Gasteiger partial charge in [0.15, 0.2) is 22.4 Å². The van der Waals surface area contributed by atoms with Crippen LogP contribution in [0.5, 0.6) is 11.5 Å². The highest BCUT2D eigenvalue weighted by Crippen LogP contribution is 2.39. The van der Waals surface area contributed by atoms with Crippen molar-refractivity contribution in [3.05, 3.63) is 30.0 Å². The van der Waals surface area contributed by atoms with Gasteiger partial charge in [-0.25, -0.2) is 9.97 Å². The molecule has 2 bridgehead atoms. The molecule has 30 heavy (non-hydrogen) atoms. The van der Waals surface area contributed by atoms with Crippen LogP contribution in [0, 0.1) is 0 Å². The first-order chi connectivity index (χ1) is 14.3. The molecular formula is C19H17F3N2O5S. The molecule has 11 heteroatoms. The first-order valence-corrected chi connectivity index (χ1v) is 9.81. The number of methoxy groups -OCH3 is 2. The highest BCUT2D eigenvalue weighted by atomic mass is 32.2. The van der Waals surface area contributed by atoms with E-state index >= 15 is 0 Å². The molecule has 2 aliphatic heterocycles. The number of hydrogen-bond acceptors (Lipinski definition) is 8. The van der Waals surface area contributed by atoms with Crippen molar-refractivity contribution in [3.63, 3.8) is 0 Å². The number of hydrogen-bond donors (Lipinski definition) is 0. The average Bonchev–Trinajstić information content (AvgIpc) is 3.17. The highest BCUT2D eigenvalue weighted by Gasteiger charge is 2.44. The van der Waals surface area contributed by atoms with Gasteiger partial charge in [0.1, 0.15) is 5.69 Å². The van der Waals surface area contributed by atoms with E-state index in [9.17, 15) is 18.0 Å². The van der Waals surface area contributed by atoms with Crippen LogP contribution in [0.3, 0.4) is 0 Å². The molecule has 4 rings (SSSR count). The van der Waals surface area contributed by atoms with Crippen LogP contribution < -0.4 is 9.47 Å². The minimum Gasteiger partial charge on any atom is -0.493 e. The van der Waals surface area contributed by atoms with E-state index in [0.29, 0.717) is 17.1 Å². The van der Waals surface area contributed by atoms with Crippen LogP contribution in [0.1, 0.15) is 12.1 Å². The predicted octanol–water partition coefficient (Wildman–Crippen LogP) is 3.35. The van der Waals surface area contributed by atoms with Gasteiger partial charge in [-0.3, -0.25) is 4.79 Å². The van der Waals surface area contributed by atoms with E-state index in [1.54, 1.807) is 18.2 Å². The topological polar surface area (TPSA) is 79.8 Å². The quantitative estimate of drug-likeness (QED) is 0.653. The van der Waals surface area contributed by atoms with Crippen LogP contribution in [0.25, 0.3) is 11.3 Å². The minimum atomic E-state index is -4.66. The van der Waals surface area contributed by atoms with E-state index in [1.165, 1.54) is 14.2 Å². The normalized spacial score (nSPS) is 23.5. The van der Waals surface area contributed by atoms with Crippen molar-refractivity contribution in [2.75, 3.05) is 20.8 Å². The lowest BCUT2D eigenvalue weighted by molar-refractivity contribution is -0.151. The number of aromatic nitrogens is 2. The fourth-order valence-electron chi connectivity index (χ4n) is 3.23. The van der Waals surface area contributed by atoms with Crippen molar-refractivity contribution in [1.82, 2.24) is 9.97 Å². The van der Waals surface area contributed by atoms with Crippen LogP contribution in [-0.2, 0) is 20.4 Å². The number of benzene rings is 1. The molecular weight excluding hydrogens is 425 g/mol. The summed E-state index contributed by atoms with van der Waals surface area (Å²) in [6.07, 6.45) is -5.83. The number of thioether (sulfide) groups is 1. The molecule has 0 spiro atoms. The third kappa shape index (κ3) is 4.09. The lowest BCUT2D eigenvalue weighted by atomic mass is 10.1. The summed E-state index contributed by atoms with van der Waals surface area (Å²) in [5.74, 6) is 0.555. The molecule has 0 saturated carbocycles. The molecule has 0 unspecified atom stereocenters. The number of carbonyl (C=O) groups excluding carboxylic acids is 1. The Morgan fingerprint density at radius 2 is 1.90 bits per heavy atom. The summed E-state index contributed by atoms with van der Waals surface area (Å²) in [6.45, 7) is 0.204. The molecule has 2 fully saturated rings. The van der Waals surface area contributed by atoms with Gasteiger partial charge < -0.3 is 18.9 Å². The van der Waals surface area contributed by atoms with Gasteiger partial charge in [0, 0.05) is 17.2 Å². The Hall–Kier alpha value is -2.37. The zero-order valence-corrected chi connectivity index (χ0v) is 16.7. The first-order valence-electron chi connectivity index (χ1n) is 8.93. The Bertz CT molecular complexity index is 972. The molecule has 0 N–H and O–H groups in total. The molecule has 3 heterocycles. The summed E-state index contributed by atoms with van der Waals surface area (Å²) < 4.78 is 61.5. The third-order valence-electron chi connectivity index (χ3n) is 4.72. The zero-order valence-electron chi connectivity index (χ0n) is 15.9. The molecule has 3 atom stereocenters. The van der Waals surface area contributed by atoms with Gasteiger partial charge in [0.25, 0.3) is 0 Å². The second-order valence-corrected chi connectivity index (χ2v) is 7.86. The Morgan fingerprint density at radius 1 is 1.13 bits per heavy atom. The fraction of sp³-hybridized carbons (Fsp3) is 0.421. The number of Topliss-reactive ketones (excluding diaryl/α,β-unsaturated/α-hetero) is 1. The van der Waals surface area contributed by atoms with Crippen LogP contribution in [0.4, 0.5) is 13.2 Å². The fourth-order valence-corrected chi connectivity index (χ4v) is 4.34. The van der Waals surface area contributed by atoms with Gasteiger partial charge >= 0.3 is 6.18 Å². The molecule has 1 aromatic heterocycles. The van der Waals surface area contributed by atoms with Crippen LogP contribution in [0.2, 0.25) is 0 Å². The van der Waals surface area contributed by atoms with Crippen LogP contribution >= 0.6 is 11.8 Å². The summed E-state index contributed by atoms with van der Waals surface area (Å²) in [7, 11) is 2.89. The number of nitrogens with zero attached hydrogens (tertiary/aromatic N) is 2. The minimum absolute atomic E-state index is 0.0735. The predicted molar refractivity (Wildman–Crippen MR) is 99.5 cm³/mol. The number of alkyl halides is 3. The van der Waals surface area contributed by atoms with Crippen LogP contribution in [0.15, 0.2) is 29.4 Å². The molecule has 0 amide bonds. The molecule has 0 radical (unpaired) electrons. The summed E-state index contributed by atoms with van der Waals surface area (Å²) >= 11 is 0.980. The standard InChI is InChI=1S/C19H17F3N2O5S/c1-26-12-4-3-9(5-13(12)27-2)10-6-16(19(20,21)22)24-18(23-10)30-15-7-11(25)17-28-8-14(15)29-17/h3-6,14-15,17H,7-8H2,1-2H3/t14-,15-,17-/m1/s1. The Kier molecular flexibility index (Phi) is 5.60. The number of ether oxygens (including phenoxy) is 4. The summed E-state index contributed by atoms with van der Waals surface area (Å²) in [5, 5.41) is -0.528. The van der Waals surface area contributed by atoms with Crippen molar-refractivity contribution < 1.29 is 36.9 Å². The molecule has 160 valence electrons. The molecule has 0 aliphatic carbocycles. The third-order valence-corrected chi connectivity index (χ3v) is 5.89. The van der Waals surface area contributed by atoms with Gasteiger partial charge in [-0.2, -0.15) is 13.2 Å². The van der Waals surface area contributed by atoms with Crippen LogP contribution in [-0.4, -0.2) is 54.2 Å². The molecule has 2 aliphatic rings. The first kappa shape index (κ1) is 20.9. The Labute approximate surface area is 173 Å². The van der Waals surface area contributed by atoms with E-state index in [1.807, 2.05) is 0 Å². The van der Waals surface area contributed by atoms with E-state index in [2.05, 4.69) is 9.97 Å². The second-order valence-electron chi connectivity index (χ2n) is 6.66. The molecule has 2 aromatic rings. The van der Waals surface area contributed by atoms with Crippen molar-refractivity contribution >= 4 is 17.5 Å². The van der Waals surface area contributed by atoms with Crippen molar-refractivity contribution in [2.24, 2.45) is 0 Å². The number of carbonyl (C=O) groups is 1. The summed E-state index contributed by atoms with van der Waals surface area (Å²) in [5.41, 5.74) is -0.597. The lowest BCUT2D eigenvalue weighted by Crippen LogP contribution is -2.37. The van der Waals surface area contributed by atoms with Gasteiger partial charge in [0.05, 0.1) is 32.6 Å². The maximum absolute atomic E-state index is 13.5. The number of halogens is 3. The maximum atomic E-state index is 13.5. The molecule has 2 saturated heterocycles. The van der Waals surface area contributed by atoms with Gasteiger partial charge in [-0.05, 0) is 24.3 Å². The highest BCUT2D eigenvalue weighted by molar-refractivity contribution is 7.99. The van der Waals surface area contributed by atoms with E-state index in [-0.39, 0.29) is 29.7 Å². The second kappa shape index (κ2) is 8.05. The van der Waals surface area contributed by atoms with Gasteiger partial charge in [-0.15, -0.1) is 0 Å². The molecule has 7 nitrogen and oxygen atoms in total. The SMILES string of the molecule is COc1ccc(-c2cc(C(F)(F)F)nc(S[C@@H]3CC(=O)[C@@H]4OC[C@H]3O4)n2)cc1OC. The smallest absolute Gasteiger partial charge is 0.433 e. The van der Waals surface area contributed by atoms with Gasteiger partial charge in [0.2, 0.25) is 6.29 Å². The monoisotopic (exact) mass is 442 g/mol. The Balaban J connectivity index is 1.70. The zero-order chi connectivity index (χ0) is 21.5.